The van der Waals surface area contributed by atoms with Crippen molar-refractivity contribution in [1.82, 2.24) is 0 Å². The van der Waals surface area contributed by atoms with Crippen LogP contribution in [-0.4, -0.2) is 21.7 Å². The topological polar surface area (TPSA) is 101 Å². The van der Waals surface area contributed by atoms with Crippen LogP contribution in [0.5, 0.6) is 0 Å². The first-order chi connectivity index (χ1) is 15.3. The minimum atomic E-state index is -1.06. The van der Waals surface area contributed by atoms with E-state index in [1.807, 2.05) is 0 Å². The summed E-state index contributed by atoms with van der Waals surface area (Å²) in [7, 11) is 0. The quantitative estimate of drug-likeness (QED) is 0.160. The molecule has 7 nitrogen and oxygen atoms in total. The molecule has 160 valence electrons. The van der Waals surface area contributed by atoms with Crippen LogP contribution >= 0.6 is 27.5 Å². The fraction of sp³-hybridized carbons (Fsp3) is 0.0435. The standard InChI is InChI=1S/C23H14BrClN2O5/c24-15-6-10-17(11-7-15)26-20(14-2-1-3-18(12-14)27(31)32)19(22(29)23(26)30)21(28)13-4-8-16(25)9-5-13/h1-12,20,28H/t20-/m1/s1. The lowest BCUT2D eigenvalue weighted by Gasteiger charge is -2.25. The molecule has 0 spiro atoms. The molecular weight excluding hydrogens is 500 g/mol. The molecule has 4 rings (SSSR count). The van der Waals surface area contributed by atoms with Crippen LogP contribution in [0.2, 0.25) is 5.02 Å². The van der Waals surface area contributed by atoms with Gasteiger partial charge < -0.3 is 5.11 Å². The molecule has 0 radical (unpaired) electrons. The second-order valence-corrected chi connectivity index (χ2v) is 8.36. The van der Waals surface area contributed by atoms with E-state index in [1.165, 1.54) is 35.2 Å². The predicted octanol–water partition coefficient (Wildman–Crippen LogP) is 5.64. The van der Waals surface area contributed by atoms with Crippen LogP contribution < -0.4 is 4.90 Å². The Morgan fingerprint density at radius 3 is 2.31 bits per heavy atom. The van der Waals surface area contributed by atoms with Crippen molar-refractivity contribution in [1.29, 1.82) is 0 Å². The first kappa shape index (κ1) is 21.7. The van der Waals surface area contributed by atoms with Crippen molar-refractivity contribution in [2.24, 2.45) is 0 Å². The summed E-state index contributed by atoms with van der Waals surface area (Å²) in [6, 6.07) is 17.4. The molecule has 1 heterocycles. The highest BCUT2D eigenvalue weighted by Crippen LogP contribution is 2.43. The summed E-state index contributed by atoms with van der Waals surface area (Å²) in [5.74, 6) is -2.13. The third-order valence-electron chi connectivity index (χ3n) is 5.06. The lowest BCUT2D eigenvalue weighted by Crippen LogP contribution is -2.29. The smallest absolute Gasteiger partial charge is 0.300 e. The molecule has 9 heteroatoms. The van der Waals surface area contributed by atoms with Gasteiger partial charge in [0, 0.05) is 32.9 Å². The molecule has 0 aliphatic carbocycles. The SMILES string of the molecule is O=C1C(=O)N(c2ccc(Br)cc2)[C@H](c2cccc([N+](=O)[O-])c2)C1=C(O)c1ccc(Cl)cc1. The maximum atomic E-state index is 13.1. The van der Waals surface area contributed by atoms with Gasteiger partial charge in [0.1, 0.15) is 5.76 Å². The number of benzene rings is 3. The zero-order chi connectivity index (χ0) is 23.0. The molecule has 0 saturated carbocycles. The number of non-ortho nitro benzene ring substituents is 1. The molecule has 1 fully saturated rings. The Hall–Kier alpha value is -3.49. The third kappa shape index (κ3) is 3.90. The number of hydrogen-bond acceptors (Lipinski definition) is 5. The van der Waals surface area contributed by atoms with Gasteiger partial charge in [0.25, 0.3) is 17.4 Å². The summed E-state index contributed by atoms with van der Waals surface area (Å²) < 4.78 is 0.769. The Labute approximate surface area is 195 Å². The van der Waals surface area contributed by atoms with E-state index >= 15 is 0 Å². The van der Waals surface area contributed by atoms with E-state index in [2.05, 4.69) is 15.9 Å². The van der Waals surface area contributed by atoms with E-state index in [-0.39, 0.29) is 11.3 Å². The molecule has 32 heavy (non-hydrogen) atoms. The Kier molecular flexibility index (Phi) is 5.82. The number of nitro groups is 1. The van der Waals surface area contributed by atoms with Crippen molar-refractivity contribution in [3.63, 3.8) is 0 Å². The number of carbonyl (C=O) groups excluding carboxylic acids is 2. The summed E-state index contributed by atoms with van der Waals surface area (Å²) in [5, 5.41) is 22.8. The van der Waals surface area contributed by atoms with Crippen LogP contribution in [-0.2, 0) is 9.59 Å². The van der Waals surface area contributed by atoms with Crippen molar-refractivity contribution in [3.8, 4) is 0 Å². The maximum Gasteiger partial charge on any atom is 0.300 e. The monoisotopic (exact) mass is 512 g/mol. The lowest BCUT2D eigenvalue weighted by molar-refractivity contribution is -0.384. The molecule has 0 aromatic heterocycles. The highest BCUT2D eigenvalue weighted by Gasteiger charge is 2.47. The summed E-state index contributed by atoms with van der Waals surface area (Å²) in [6.07, 6.45) is 0. The van der Waals surface area contributed by atoms with Gasteiger partial charge in [-0.15, -0.1) is 0 Å². The number of aliphatic hydroxyl groups is 1. The van der Waals surface area contributed by atoms with Gasteiger partial charge in [-0.25, -0.2) is 0 Å². The minimum Gasteiger partial charge on any atom is -0.507 e. The summed E-state index contributed by atoms with van der Waals surface area (Å²) >= 11 is 9.25. The van der Waals surface area contributed by atoms with E-state index in [4.69, 9.17) is 11.6 Å². The predicted molar refractivity (Wildman–Crippen MR) is 123 cm³/mol. The van der Waals surface area contributed by atoms with Gasteiger partial charge in [-0.05, 0) is 54.1 Å². The molecule has 3 aromatic rings. The molecule has 1 atom stereocenters. The maximum absolute atomic E-state index is 13.1. The van der Waals surface area contributed by atoms with E-state index in [0.29, 0.717) is 21.8 Å². The van der Waals surface area contributed by atoms with Crippen molar-refractivity contribution < 1.29 is 19.6 Å². The second kappa shape index (κ2) is 8.57. The number of amides is 1. The Morgan fingerprint density at radius 2 is 1.69 bits per heavy atom. The Morgan fingerprint density at radius 1 is 1.03 bits per heavy atom. The molecule has 0 unspecified atom stereocenters. The summed E-state index contributed by atoms with van der Waals surface area (Å²) in [5.41, 5.74) is 0.647. The number of Topliss-reactive ketones (excluding diaryl/α,β-unsaturated/α-hetero) is 1. The van der Waals surface area contributed by atoms with E-state index < -0.39 is 28.4 Å². The van der Waals surface area contributed by atoms with E-state index in [1.54, 1.807) is 42.5 Å². The van der Waals surface area contributed by atoms with Crippen LogP contribution in [0.1, 0.15) is 17.2 Å². The fourth-order valence-corrected chi connectivity index (χ4v) is 3.98. The molecular formula is C23H14BrClN2O5. The largest absolute Gasteiger partial charge is 0.507 e. The number of ketones is 1. The molecule has 0 bridgehead atoms. The fourth-order valence-electron chi connectivity index (χ4n) is 3.59. The van der Waals surface area contributed by atoms with Gasteiger partial charge in [-0.1, -0.05) is 39.7 Å². The summed E-state index contributed by atoms with van der Waals surface area (Å²) in [4.78, 5) is 38.1. The molecule has 1 saturated heterocycles. The van der Waals surface area contributed by atoms with Crippen molar-refractivity contribution in [2.75, 3.05) is 4.90 Å². The number of hydrogen-bond donors (Lipinski definition) is 1. The average Bonchev–Trinajstić information content (AvgIpc) is 3.05. The zero-order valence-corrected chi connectivity index (χ0v) is 18.6. The summed E-state index contributed by atoms with van der Waals surface area (Å²) in [6.45, 7) is 0. The van der Waals surface area contributed by atoms with Crippen molar-refractivity contribution in [3.05, 3.63) is 109 Å². The van der Waals surface area contributed by atoms with Crippen molar-refractivity contribution >= 4 is 56.4 Å². The van der Waals surface area contributed by atoms with Gasteiger partial charge in [-0.2, -0.15) is 0 Å². The molecule has 1 N–H and O–H groups in total. The molecule has 3 aromatic carbocycles. The lowest BCUT2D eigenvalue weighted by atomic mass is 9.95. The van der Waals surface area contributed by atoms with Gasteiger partial charge in [0.05, 0.1) is 16.5 Å². The van der Waals surface area contributed by atoms with Crippen LogP contribution in [0.3, 0.4) is 0 Å². The molecule has 1 amide bonds. The number of carbonyl (C=O) groups is 2. The van der Waals surface area contributed by atoms with Crippen LogP contribution in [0.15, 0.2) is 82.8 Å². The van der Waals surface area contributed by atoms with E-state index in [9.17, 15) is 24.8 Å². The second-order valence-electron chi connectivity index (χ2n) is 7.00. The Bertz CT molecular complexity index is 1270. The van der Waals surface area contributed by atoms with Gasteiger partial charge >= 0.3 is 0 Å². The van der Waals surface area contributed by atoms with Crippen molar-refractivity contribution in [2.45, 2.75) is 6.04 Å². The number of anilines is 1. The Balaban J connectivity index is 1.96. The minimum absolute atomic E-state index is 0.166. The van der Waals surface area contributed by atoms with Gasteiger partial charge in [0.15, 0.2) is 0 Å². The van der Waals surface area contributed by atoms with Gasteiger partial charge in [0.2, 0.25) is 0 Å². The highest BCUT2D eigenvalue weighted by molar-refractivity contribution is 9.10. The zero-order valence-electron chi connectivity index (χ0n) is 16.2. The number of halogens is 2. The van der Waals surface area contributed by atoms with E-state index in [0.717, 1.165) is 4.47 Å². The number of nitrogens with zero attached hydrogens (tertiary/aromatic N) is 2. The van der Waals surface area contributed by atoms with Gasteiger partial charge in [-0.3, -0.25) is 24.6 Å². The van der Waals surface area contributed by atoms with Crippen LogP contribution in [0.25, 0.3) is 5.76 Å². The number of aliphatic hydroxyl groups excluding tert-OH is 1. The number of nitro benzene ring substituents is 1. The average molecular weight is 514 g/mol. The van der Waals surface area contributed by atoms with Crippen LogP contribution in [0.4, 0.5) is 11.4 Å². The number of rotatable bonds is 4. The highest BCUT2D eigenvalue weighted by atomic mass is 79.9. The molecule has 1 aliphatic heterocycles. The first-order valence-electron chi connectivity index (χ1n) is 9.35. The normalized spacial score (nSPS) is 17.6. The molecule has 1 aliphatic rings. The third-order valence-corrected chi connectivity index (χ3v) is 5.84. The van der Waals surface area contributed by atoms with Crippen LogP contribution in [0, 0.1) is 10.1 Å². The first-order valence-corrected chi connectivity index (χ1v) is 10.5.